The van der Waals surface area contributed by atoms with Gasteiger partial charge in [-0.3, -0.25) is 0 Å². The summed E-state index contributed by atoms with van der Waals surface area (Å²) < 4.78 is 5.47. The fraction of sp³-hybridized carbons (Fsp3) is 0.400. The first-order valence-electron chi connectivity index (χ1n) is 4.33. The van der Waals surface area contributed by atoms with Crippen molar-refractivity contribution in [2.24, 2.45) is 0 Å². The highest BCUT2D eigenvalue weighted by Gasteiger charge is 2.05. The van der Waals surface area contributed by atoms with E-state index in [1.165, 1.54) is 0 Å². The Morgan fingerprint density at radius 1 is 1.20 bits per heavy atom. The lowest BCUT2D eigenvalue weighted by Gasteiger charge is -2.12. The maximum absolute atomic E-state index is 5.92. The fourth-order valence-electron chi connectivity index (χ4n) is 0.951. The molecule has 0 aliphatic carbocycles. The maximum atomic E-state index is 5.92. The van der Waals surface area contributed by atoms with Crippen LogP contribution in [0, 0.1) is 0 Å². The molecule has 0 bridgehead atoms. The molecule has 86 valence electrons. The minimum atomic E-state index is 0. The second kappa shape index (κ2) is 7.18. The Bertz CT molecular complexity index is 284. The number of nitrogens with zero attached hydrogens (tertiary/aromatic N) is 1. The van der Waals surface area contributed by atoms with Crippen LogP contribution in [-0.4, -0.2) is 32.1 Å². The molecule has 0 saturated carbocycles. The van der Waals surface area contributed by atoms with Crippen molar-refractivity contribution in [1.82, 2.24) is 4.90 Å². The SMILES string of the molecule is CN(C)CCOc1c(Cl)cccc1Cl.Cl. The molecule has 0 radical (unpaired) electrons. The Kier molecular flexibility index (Phi) is 7.11. The molecule has 5 heteroatoms. The summed E-state index contributed by atoms with van der Waals surface area (Å²) in [5.41, 5.74) is 0. The molecule has 0 heterocycles. The Morgan fingerprint density at radius 3 is 2.20 bits per heavy atom. The first-order chi connectivity index (χ1) is 6.61. The van der Waals surface area contributed by atoms with Crippen molar-refractivity contribution >= 4 is 35.6 Å². The van der Waals surface area contributed by atoms with Crippen molar-refractivity contribution in [1.29, 1.82) is 0 Å². The Morgan fingerprint density at radius 2 is 1.73 bits per heavy atom. The lowest BCUT2D eigenvalue weighted by molar-refractivity contribution is 0.261. The van der Waals surface area contributed by atoms with Gasteiger partial charge in [0.25, 0.3) is 0 Å². The second-order valence-corrected chi connectivity index (χ2v) is 4.02. The van der Waals surface area contributed by atoms with Crippen LogP contribution >= 0.6 is 35.6 Å². The molecule has 0 fully saturated rings. The summed E-state index contributed by atoms with van der Waals surface area (Å²) in [5.74, 6) is 0.567. The van der Waals surface area contributed by atoms with E-state index in [4.69, 9.17) is 27.9 Å². The predicted molar refractivity (Wildman–Crippen MR) is 67.8 cm³/mol. The van der Waals surface area contributed by atoms with Crippen molar-refractivity contribution < 1.29 is 4.74 Å². The normalized spacial score (nSPS) is 9.93. The zero-order valence-corrected chi connectivity index (χ0v) is 11.0. The van der Waals surface area contributed by atoms with Gasteiger partial charge in [0.05, 0.1) is 10.0 Å². The molecule has 1 aromatic rings. The van der Waals surface area contributed by atoms with Crippen molar-refractivity contribution in [2.75, 3.05) is 27.2 Å². The fourth-order valence-corrected chi connectivity index (χ4v) is 1.46. The van der Waals surface area contributed by atoms with Gasteiger partial charge in [-0.15, -0.1) is 12.4 Å². The Labute approximate surface area is 107 Å². The molecule has 0 amide bonds. The predicted octanol–water partition coefficient (Wildman–Crippen LogP) is 3.36. The molecule has 0 spiro atoms. The molecular weight excluding hydrogens is 256 g/mol. The van der Waals surface area contributed by atoms with Crippen LogP contribution in [0.4, 0.5) is 0 Å². The molecule has 1 rings (SSSR count). The number of rotatable bonds is 4. The average molecular weight is 271 g/mol. The molecule has 0 N–H and O–H groups in total. The quantitative estimate of drug-likeness (QED) is 0.832. The van der Waals surface area contributed by atoms with Gasteiger partial charge in [0.2, 0.25) is 0 Å². The summed E-state index contributed by atoms with van der Waals surface area (Å²) in [6.07, 6.45) is 0. The van der Waals surface area contributed by atoms with Crippen LogP contribution in [0.3, 0.4) is 0 Å². The summed E-state index contributed by atoms with van der Waals surface area (Å²) >= 11 is 11.8. The van der Waals surface area contributed by atoms with Crippen LogP contribution < -0.4 is 4.74 Å². The molecule has 0 saturated heterocycles. The first kappa shape index (κ1) is 14.8. The number of benzene rings is 1. The van der Waals surface area contributed by atoms with Gasteiger partial charge in [-0.25, -0.2) is 0 Å². The van der Waals surface area contributed by atoms with Crippen LogP contribution in [0.25, 0.3) is 0 Å². The topological polar surface area (TPSA) is 12.5 Å². The largest absolute Gasteiger partial charge is 0.489 e. The molecular formula is C10H14Cl3NO. The molecule has 0 aliphatic heterocycles. The van der Waals surface area contributed by atoms with Gasteiger partial charge < -0.3 is 9.64 Å². The molecule has 0 atom stereocenters. The van der Waals surface area contributed by atoms with Gasteiger partial charge in [0, 0.05) is 6.54 Å². The Hall–Kier alpha value is -0.150. The number of ether oxygens (including phenoxy) is 1. The van der Waals surface area contributed by atoms with Crippen molar-refractivity contribution in [2.45, 2.75) is 0 Å². The van der Waals surface area contributed by atoms with Gasteiger partial charge in [0.1, 0.15) is 6.61 Å². The van der Waals surface area contributed by atoms with Gasteiger partial charge in [-0.2, -0.15) is 0 Å². The Balaban J connectivity index is 0.00000196. The number of hydrogen-bond donors (Lipinski definition) is 0. The van der Waals surface area contributed by atoms with E-state index < -0.39 is 0 Å². The van der Waals surface area contributed by atoms with E-state index in [1.807, 2.05) is 19.0 Å². The average Bonchev–Trinajstić information content (AvgIpc) is 2.09. The summed E-state index contributed by atoms with van der Waals surface area (Å²) in [6, 6.07) is 5.32. The standard InChI is InChI=1S/C10H13Cl2NO.ClH/c1-13(2)6-7-14-10-8(11)4-3-5-9(10)12;/h3-5H,6-7H2,1-2H3;1H. The third kappa shape index (κ3) is 4.94. The van der Waals surface area contributed by atoms with Gasteiger partial charge in [0.15, 0.2) is 5.75 Å². The maximum Gasteiger partial charge on any atom is 0.156 e. The van der Waals surface area contributed by atoms with Crippen LogP contribution in [0.5, 0.6) is 5.75 Å². The summed E-state index contributed by atoms with van der Waals surface area (Å²) in [6.45, 7) is 1.41. The molecule has 1 aromatic carbocycles. The highest BCUT2D eigenvalue weighted by atomic mass is 35.5. The third-order valence-corrected chi connectivity index (χ3v) is 2.30. The van der Waals surface area contributed by atoms with E-state index in [1.54, 1.807) is 18.2 Å². The zero-order valence-electron chi connectivity index (χ0n) is 8.67. The van der Waals surface area contributed by atoms with Crippen LogP contribution in [0.1, 0.15) is 0 Å². The van der Waals surface area contributed by atoms with Gasteiger partial charge in [-0.1, -0.05) is 29.3 Å². The van der Waals surface area contributed by atoms with E-state index in [-0.39, 0.29) is 12.4 Å². The number of para-hydroxylation sites is 1. The number of likely N-dealkylation sites (N-methyl/N-ethyl adjacent to an activating group) is 1. The van der Waals surface area contributed by atoms with Gasteiger partial charge >= 0.3 is 0 Å². The zero-order chi connectivity index (χ0) is 10.6. The molecule has 0 unspecified atom stereocenters. The van der Waals surface area contributed by atoms with Crippen molar-refractivity contribution in [3.63, 3.8) is 0 Å². The first-order valence-corrected chi connectivity index (χ1v) is 5.08. The minimum absolute atomic E-state index is 0. The summed E-state index contributed by atoms with van der Waals surface area (Å²) in [7, 11) is 3.97. The van der Waals surface area contributed by atoms with Crippen molar-refractivity contribution in [3.8, 4) is 5.75 Å². The van der Waals surface area contributed by atoms with E-state index in [0.717, 1.165) is 6.54 Å². The van der Waals surface area contributed by atoms with E-state index in [9.17, 15) is 0 Å². The minimum Gasteiger partial charge on any atom is -0.489 e. The van der Waals surface area contributed by atoms with Crippen LogP contribution in [-0.2, 0) is 0 Å². The smallest absolute Gasteiger partial charge is 0.156 e. The molecule has 15 heavy (non-hydrogen) atoms. The van der Waals surface area contributed by atoms with E-state index in [2.05, 4.69) is 0 Å². The second-order valence-electron chi connectivity index (χ2n) is 3.20. The van der Waals surface area contributed by atoms with Crippen LogP contribution in [0.15, 0.2) is 18.2 Å². The molecule has 0 aliphatic rings. The summed E-state index contributed by atoms with van der Waals surface area (Å²) in [4.78, 5) is 2.03. The van der Waals surface area contributed by atoms with Gasteiger partial charge in [-0.05, 0) is 26.2 Å². The van der Waals surface area contributed by atoms with Crippen molar-refractivity contribution in [3.05, 3.63) is 28.2 Å². The third-order valence-electron chi connectivity index (χ3n) is 1.70. The number of hydrogen-bond acceptors (Lipinski definition) is 2. The lowest BCUT2D eigenvalue weighted by Crippen LogP contribution is -2.19. The highest BCUT2D eigenvalue weighted by molar-refractivity contribution is 6.37. The molecule has 2 nitrogen and oxygen atoms in total. The van der Waals surface area contributed by atoms with E-state index in [0.29, 0.717) is 22.4 Å². The monoisotopic (exact) mass is 269 g/mol. The van der Waals surface area contributed by atoms with E-state index >= 15 is 0 Å². The highest BCUT2D eigenvalue weighted by Crippen LogP contribution is 2.32. The summed E-state index contributed by atoms with van der Waals surface area (Å²) in [5, 5.41) is 1.10. The number of halogens is 3. The molecule has 0 aromatic heterocycles. The van der Waals surface area contributed by atoms with Crippen LogP contribution in [0.2, 0.25) is 10.0 Å². The lowest BCUT2D eigenvalue weighted by atomic mass is 10.3.